The highest BCUT2D eigenvalue weighted by Crippen LogP contribution is 2.27. The fourth-order valence-electron chi connectivity index (χ4n) is 3.92. The number of aryl methyl sites for hydroxylation is 2. The van der Waals surface area contributed by atoms with Crippen LogP contribution in [0, 0.1) is 19.7 Å². The zero-order chi connectivity index (χ0) is 28.9. The number of hydrogen-bond acceptors (Lipinski definition) is 4. The van der Waals surface area contributed by atoms with E-state index < -0.39 is 40.2 Å². The van der Waals surface area contributed by atoms with Crippen LogP contribution >= 0.6 is 11.6 Å². The summed E-state index contributed by atoms with van der Waals surface area (Å²) in [6.45, 7) is 8.36. The first-order chi connectivity index (χ1) is 18.3. The number of nitrogens with zero attached hydrogens (tertiary/aromatic N) is 2. The first-order valence-electron chi connectivity index (χ1n) is 12.5. The highest BCUT2D eigenvalue weighted by atomic mass is 35.5. The number of halogens is 2. The Labute approximate surface area is 234 Å². The lowest BCUT2D eigenvalue weighted by Crippen LogP contribution is -2.52. The molecule has 10 heteroatoms. The molecule has 0 aromatic heterocycles. The fourth-order valence-corrected chi connectivity index (χ4v) is 5.45. The van der Waals surface area contributed by atoms with Crippen LogP contribution in [0.15, 0.2) is 71.6 Å². The molecule has 1 N–H and O–H groups in total. The van der Waals surface area contributed by atoms with Gasteiger partial charge >= 0.3 is 0 Å². The summed E-state index contributed by atoms with van der Waals surface area (Å²) in [4.78, 5) is 28.0. The second-order valence-electron chi connectivity index (χ2n) is 9.72. The topological polar surface area (TPSA) is 86.8 Å². The van der Waals surface area contributed by atoms with Crippen LogP contribution in [0.2, 0.25) is 5.02 Å². The normalized spacial score (nSPS) is 12.2. The van der Waals surface area contributed by atoms with Gasteiger partial charge in [-0.05, 0) is 99.8 Å². The third-order valence-corrected chi connectivity index (χ3v) is 8.36. The second-order valence-corrected chi connectivity index (χ2v) is 12.0. The number of carbonyl (C=O) groups is 2. The van der Waals surface area contributed by atoms with Crippen LogP contribution in [0.25, 0.3) is 0 Å². The number of carbonyl (C=O) groups excluding carboxylic acids is 2. The van der Waals surface area contributed by atoms with E-state index in [1.807, 2.05) is 13.8 Å². The third-order valence-electron chi connectivity index (χ3n) is 6.32. The van der Waals surface area contributed by atoms with Crippen molar-refractivity contribution in [3.63, 3.8) is 0 Å². The van der Waals surface area contributed by atoms with Crippen LogP contribution in [0.3, 0.4) is 0 Å². The Balaban J connectivity index is 2.05. The van der Waals surface area contributed by atoms with Crippen molar-refractivity contribution < 1.29 is 22.4 Å². The lowest BCUT2D eigenvalue weighted by atomic mass is 10.1. The molecule has 0 spiro atoms. The molecule has 7 nitrogen and oxygen atoms in total. The van der Waals surface area contributed by atoms with Gasteiger partial charge in [0.25, 0.3) is 10.0 Å². The molecule has 0 heterocycles. The van der Waals surface area contributed by atoms with Gasteiger partial charge in [-0.25, -0.2) is 12.8 Å². The Bertz CT molecular complexity index is 1430. The van der Waals surface area contributed by atoms with Crippen LogP contribution in [0.5, 0.6) is 0 Å². The van der Waals surface area contributed by atoms with Gasteiger partial charge < -0.3 is 10.2 Å². The molecule has 0 radical (unpaired) electrons. The third kappa shape index (κ3) is 7.58. The van der Waals surface area contributed by atoms with Crippen molar-refractivity contribution in [2.45, 2.75) is 58.1 Å². The van der Waals surface area contributed by atoms with Crippen molar-refractivity contribution in [3.05, 3.63) is 94.3 Å². The Morgan fingerprint density at radius 3 is 2.10 bits per heavy atom. The molecule has 39 heavy (non-hydrogen) atoms. The molecule has 208 valence electrons. The Hall–Kier alpha value is -3.43. The summed E-state index contributed by atoms with van der Waals surface area (Å²) in [5.41, 5.74) is 2.71. The maximum atomic E-state index is 13.9. The lowest BCUT2D eigenvalue weighted by molar-refractivity contribution is -0.139. The Kier molecular flexibility index (Phi) is 9.74. The molecule has 0 bridgehead atoms. The van der Waals surface area contributed by atoms with E-state index in [-0.39, 0.29) is 17.5 Å². The molecular weight excluding hydrogens is 541 g/mol. The quantitative estimate of drug-likeness (QED) is 0.360. The number of amides is 2. The minimum absolute atomic E-state index is 0.0203. The SMILES string of the molecule is Cc1ccc(N(CC(=O)N(Cc2ccc(F)cc2)C(C)C(=O)NC(C)C)S(=O)(=O)c2ccc(Cl)cc2)cc1C. The van der Waals surface area contributed by atoms with Gasteiger partial charge in [0.15, 0.2) is 0 Å². The fraction of sp³-hybridized carbons (Fsp3) is 0.310. The predicted molar refractivity (Wildman–Crippen MR) is 152 cm³/mol. The zero-order valence-electron chi connectivity index (χ0n) is 22.6. The average Bonchev–Trinajstić information content (AvgIpc) is 2.88. The Morgan fingerprint density at radius 1 is 0.923 bits per heavy atom. The summed E-state index contributed by atoms with van der Waals surface area (Å²) < 4.78 is 42.2. The molecule has 3 rings (SSSR count). The molecule has 0 fully saturated rings. The standard InChI is InChI=1S/C29H33ClFN3O4S/c1-19(2)32-29(36)22(5)33(17-23-7-11-25(31)12-8-23)28(35)18-34(26-13-6-20(3)21(4)16-26)39(37,38)27-14-9-24(30)10-15-27/h6-16,19,22H,17-18H2,1-5H3,(H,32,36). The largest absolute Gasteiger partial charge is 0.352 e. The number of hydrogen-bond donors (Lipinski definition) is 1. The van der Waals surface area contributed by atoms with E-state index in [0.717, 1.165) is 15.4 Å². The molecule has 0 aliphatic carbocycles. The van der Waals surface area contributed by atoms with Crippen molar-refractivity contribution in [3.8, 4) is 0 Å². The van der Waals surface area contributed by atoms with E-state index in [4.69, 9.17) is 11.6 Å². The monoisotopic (exact) mass is 573 g/mol. The molecule has 0 saturated carbocycles. The molecule has 0 aliphatic heterocycles. The van der Waals surface area contributed by atoms with Crippen molar-refractivity contribution in [1.29, 1.82) is 0 Å². The van der Waals surface area contributed by atoms with Crippen molar-refractivity contribution in [2.75, 3.05) is 10.8 Å². The molecular formula is C29H33ClFN3O4S. The highest BCUT2D eigenvalue weighted by molar-refractivity contribution is 7.92. The predicted octanol–water partition coefficient (Wildman–Crippen LogP) is 5.23. The second kappa shape index (κ2) is 12.6. The highest BCUT2D eigenvalue weighted by Gasteiger charge is 2.32. The van der Waals surface area contributed by atoms with Gasteiger partial charge in [-0.1, -0.05) is 29.8 Å². The van der Waals surface area contributed by atoms with Crippen LogP contribution in [-0.2, 0) is 26.2 Å². The summed E-state index contributed by atoms with van der Waals surface area (Å²) in [5, 5.41) is 3.17. The number of anilines is 1. The van der Waals surface area contributed by atoms with Crippen LogP contribution < -0.4 is 9.62 Å². The molecule has 3 aromatic carbocycles. The Morgan fingerprint density at radius 2 is 1.54 bits per heavy atom. The molecule has 1 atom stereocenters. The minimum Gasteiger partial charge on any atom is -0.352 e. The summed E-state index contributed by atoms with van der Waals surface area (Å²) in [6.07, 6.45) is 0. The molecule has 0 aliphatic rings. The van der Waals surface area contributed by atoms with Crippen LogP contribution in [-0.4, -0.2) is 43.8 Å². The summed E-state index contributed by atoms with van der Waals surface area (Å²) in [5.74, 6) is -1.42. The van der Waals surface area contributed by atoms with Crippen LogP contribution in [0.1, 0.15) is 37.5 Å². The lowest BCUT2D eigenvalue weighted by Gasteiger charge is -2.32. The number of benzene rings is 3. The number of rotatable bonds is 10. The van der Waals surface area contributed by atoms with Crippen molar-refractivity contribution >= 4 is 39.1 Å². The summed E-state index contributed by atoms with van der Waals surface area (Å²) in [6, 6.07) is 15.3. The smallest absolute Gasteiger partial charge is 0.264 e. The van der Waals surface area contributed by atoms with Gasteiger partial charge in [0.1, 0.15) is 18.4 Å². The van der Waals surface area contributed by atoms with E-state index in [1.165, 1.54) is 53.4 Å². The summed E-state index contributed by atoms with van der Waals surface area (Å²) in [7, 11) is -4.20. The average molecular weight is 574 g/mol. The molecule has 2 amide bonds. The minimum atomic E-state index is -4.20. The first kappa shape index (κ1) is 30.1. The first-order valence-corrected chi connectivity index (χ1v) is 14.3. The van der Waals surface area contributed by atoms with E-state index >= 15 is 0 Å². The molecule has 0 saturated heterocycles. The maximum Gasteiger partial charge on any atom is 0.264 e. The summed E-state index contributed by atoms with van der Waals surface area (Å²) >= 11 is 5.98. The van der Waals surface area contributed by atoms with E-state index in [1.54, 1.807) is 39.0 Å². The van der Waals surface area contributed by atoms with Gasteiger partial charge in [-0.3, -0.25) is 13.9 Å². The molecule has 1 unspecified atom stereocenters. The van der Waals surface area contributed by atoms with Crippen molar-refractivity contribution in [2.24, 2.45) is 0 Å². The van der Waals surface area contributed by atoms with E-state index in [9.17, 15) is 22.4 Å². The zero-order valence-corrected chi connectivity index (χ0v) is 24.2. The maximum absolute atomic E-state index is 13.9. The van der Waals surface area contributed by atoms with Gasteiger partial charge in [0.05, 0.1) is 10.6 Å². The number of nitrogens with one attached hydrogen (secondary N) is 1. The van der Waals surface area contributed by atoms with Crippen molar-refractivity contribution in [1.82, 2.24) is 10.2 Å². The van der Waals surface area contributed by atoms with Gasteiger partial charge in [-0.2, -0.15) is 0 Å². The number of sulfonamides is 1. The van der Waals surface area contributed by atoms with E-state index in [2.05, 4.69) is 5.32 Å². The van der Waals surface area contributed by atoms with Gasteiger partial charge in [0.2, 0.25) is 11.8 Å². The van der Waals surface area contributed by atoms with Gasteiger partial charge in [-0.15, -0.1) is 0 Å². The van der Waals surface area contributed by atoms with Gasteiger partial charge in [0, 0.05) is 17.6 Å². The van der Waals surface area contributed by atoms with Crippen LogP contribution in [0.4, 0.5) is 10.1 Å². The van der Waals surface area contributed by atoms with E-state index in [0.29, 0.717) is 16.3 Å². The molecule has 3 aromatic rings.